The lowest BCUT2D eigenvalue weighted by Crippen LogP contribution is -2.39. The van der Waals surface area contributed by atoms with Crippen LogP contribution in [-0.4, -0.2) is 24.6 Å². The first-order valence-electron chi connectivity index (χ1n) is 6.88. The summed E-state index contributed by atoms with van der Waals surface area (Å²) < 4.78 is 10.5. The summed E-state index contributed by atoms with van der Waals surface area (Å²) in [5.74, 6) is -0.286. The second kappa shape index (κ2) is 3.84. The molecule has 2 fully saturated rings. The number of ether oxygens (including phenoxy) is 2. The minimum absolute atomic E-state index is 0.0889. The lowest BCUT2D eigenvalue weighted by molar-refractivity contribution is -0.168. The second-order valence-electron chi connectivity index (χ2n) is 7.03. The van der Waals surface area contributed by atoms with Crippen molar-refractivity contribution in [2.24, 2.45) is 22.7 Å². The summed E-state index contributed by atoms with van der Waals surface area (Å²) in [5.41, 5.74) is -0.518. The van der Waals surface area contributed by atoms with E-state index in [1.54, 1.807) is 0 Å². The first kappa shape index (κ1) is 12.7. The van der Waals surface area contributed by atoms with Crippen LogP contribution in [-0.2, 0) is 19.1 Å². The maximum absolute atomic E-state index is 12.4. The van der Waals surface area contributed by atoms with Crippen LogP contribution < -0.4 is 0 Å². The zero-order valence-corrected chi connectivity index (χ0v) is 11.6. The molecule has 0 spiro atoms. The van der Waals surface area contributed by atoms with Gasteiger partial charge in [-0.25, -0.2) is 4.79 Å². The van der Waals surface area contributed by atoms with Crippen molar-refractivity contribution in [1.29, 1.82) is 0 Å². The maximum Gasteiger partial charge on any atom is 0.348 e. The van der Waals surface area contributed by atoms with E-state index in [0.29, 0.717) is 12.5 Å². The number of allylic oxidation sites excluding steroid dienone is 2. The fraction of sp³-hybridized carbons (Fsp3) is 0.733. The van der Waals surface area contributed by atoms with Crippen molar-refractivity contribution in [3.8, 4) is 0 Å². The Bertz CT molecular complexity index is 465. The molecule has 4 heteroatoms. The molecule has 2 bridgehead atoms. The number of carbonyl (C=O) groups is 2. The van der Waals surface area contributed by atoms with E-state index < -0.39 is 17.5 Å². The van der Waals surface area contributed by atoms with Crippen molar-refractivity contribution in [3.63, 3.8) is 0 Å². The third kappa shape index (κ3) is 1.88. The zero-order chi connectivity index (χ0) is 13.8. The lowest BCUT2D eigenvalue weighted by Gasteiger charge is -2.29. The van der Waals surface area contributed by atoms with Crippen LogP contribution >= 0.6 is 0 Å². The average molecular weight is 264 g/mol. The summed E-state index contributed by atoms with van der Waals surface area (Å²) >= 11 is 0. The summed E-state index contributed by atoms with van der Waals surface area (Å²) in [5, 5.41) is 0. The van der Waals surface area contributed by atoms with Gasteiger partial charge in [0, 0.05) is 5.41 Å². The smallest absolute Gasteiger partial charge is 0.348 e. The highest BCUT2D eigenvalue weighted by atomic mass is 16.6. The molecule has 0 aromatic rings. The van der Waals surface area contributed by atoms with Crippen molar-refractivity contribution in [3.05, 3.63) is 12.2 Å². The van der Waals surface area contributed by atoms with Crippen LogP contribution in [0.25, 0.3) is 0 Å². The third-order valence-electron chi connectivity index (χ3n) is 4.81. The molecule has 104 valence electrons. The van der Waals surface area contributed by atoms with Gasteiger partial charge >= 0.3 is 11.9 Å². The Kier molecular flexibility index (Phi) is 2.57. The number of hydrogen-bond donors (Lipinski definition) is 0. The van der Waals surface area contributed by atoms with E-state index in [9.17, 15) is 9.59 Å². The highest BCUT2D eigenvalue weighted by Crippen LogP contribution is 2.53. The molecule has 4 nitrogen and oxygen atoms in total. The quantitative estimate of drug-likeness (QED) is 0.566. The van der Waals surface area contributed by atoms with Gasteiger partial charge in [0.25, 0.3) is 0 Å². The normalized spacial score (nSPS) is 42.5. The summed E-state index contributed by atoms with van der Waals surface area (Å²) in [4.78, 5) is 24.0. The summed E-state index contributed by atoms with van der Waals surface area (Å²) in [6, 6.07) is 0. The first-order chi connectivity index (χ1) is 8.82. The second-order valence-corrected chi connectivity index (χ2v) is 7.03. The number of hydrogen-bond acceptors (Lipinski definition) is 4. The standard InChI is InChI=1S/C15H20O4/c1-14(2)8-18-13(17)11(14)19-12(16)10-6-9-4-5-15(10,3)7-9/h4-5,9-11H,6-8H2,1-3H3. The minimum atomic E-state index is -0.758. The van der Waals surface area contributed by atoms with E-state index in [-0.39, 0.29) is 17.3 Å². The highest BCUT2D eigenvalue weighted by molar-refractivity contribution is 5.83. The fourth-order valence-electron chi connectivity index (χ4n) is 3.55. The van der Waals surface area contributed by atoms with Gasteiger partial charge in [-0.3, -0.25) is 4.79 Å². The van der Waals surface area contributed by atoms with E-state index >= 15 is 0 Å². The molecule has 0 radical (unpaired) electrons. The SMILES string of the molecule is CC1(C)COC(=O)C1OC(=O)C1CC2C=CC1(C)C2. The van der Waals surface area contributed by atoms with Crippen LogP contribution in [0.1, 0.15) is 33.6 Å². The molecule has 4 unspecified atom stereocenters. The van der Waals surface area contributed by atoms with E-state index in [0.717, 1.165) is 12.8 Å². The number of rotatable bonds is 2. The number of esters is 2. The Hall–Kier alpha value is -1.32. The number of cyclic esters (lactones) is 1. The Balaban J connectivity index is 1.73. The van der Waals surface area contributed by atoms with Gasteiger partial charge in [0.05, 0.1) is 5.92 Å². The maximum atomic E-state index is 12.4. The molecular weight excluding hydrogens is 244 g/mol. The number of fused-ring (bicyclic) bond motifs is 2. The molecule has 1 heterocycles. The van der Waals surface area contributed by atoms with Gasteiger partial charge < -0.3 is 9.47 Å². The number of carbonyl (C=O) groups excluding carboxylic acids is 2. The van der Waals surface area contributed by atoms with Crippen molar-refractivity contribution >= 4 is 11.9 Å². The van der Waals surface area contributed by atoms with Crippen LogP contribution in [0, 0.1) is 22.7 Å². The largest absolute Gasteiger partial charge is 0.462 e. The van der Waals surface area contributed by atoms with Gasteiger partial charge in [0.15, 0.2) is 0 Å². The van der Waals surface area contributed by atoms with Crippen LogP contribution in [0.5, 0.6) is 0 Å². The van der Waals surface area contributed by atoms with Crippen molar-refractivity contribution in [2.45, 2.75) is 39.7 Å². The predicted molar refractivity (Wildman–Crippen MR) is 68.1 cm³/mol. The Morgan fingerprint density at radius 3 is 2.63 bits per heavy atom. The molecule has 0 N–H and O–H groups in total. The van der Waals surface area contributed by atoms with Gasteiger partial charge in [-0.2, -0.15) is 0 Å². The molecule has 1 saturated heterocycles. The summed E-state index contributed by atoms with van der Waals surface area (Å²) in [6.07, 6.45) is 5.42. The van der Waals surface area contributed by atoms with Crippen LogP contribution in [0.2, 0.25) is 0 Å². The first-order valence-corrected chi connectivity index (χ1v) is 6.88. The molecule has 19 heavy (non-hydrogen) atoms. The van der Waals surface area contributed by atoms with E-state index in [4.69, 9.17) is 9.47 Å². The molecule has 3 aliphatic rings. The van der Waals surface area contributed by atoms with E-state index in [2.05, 4.69) is 19.1 Å². The molecular formula is C15H20O4. The van der Waals surface area contributed by atoms with Gasteiger partial charge in [0.2, 0.25) is 6.10 Å². The summed E-state index contributed by atoms with van der Waals surface area (Å²) in [7, 11) is 0. The molecule has 1 aliphatic heterocycles. The molecule has 1 saturated carbocycles. The van der Waals surface area contributed by atoms with Crippen molar-refractivity contribution < 1.29 is 19.1 Å². The van der Waals surface area contributed by atoms with E-state index in [1.165, 1.54) is 0 Å². The fourth-order valence-corrected chi connectivity index (χ4v) is 3.55. The molecule has 0 aromatic heterocycles. The molecule has 2 aliphatic carbocycles. The van der Waals surface area contributed by atoms with Crippen LogP contribution in [0.3, 0.4) is 0 Å². The van der Waals surface area contributed by atoms with Gasteiger partial charge in [-0.1, -0.05) is 32.9 Å². The zero-order valence-electron chi connectivity index (χ0n) is 11.6. The topological polar surface area (TPSA) is 52.6 Å². The van der Waals surface area contributed by atoms with Gasteiger partial charge in [-0.15, -0.1) is 0 Å². The Labute approximate surface area is 113 Å². The van der Waals surface area contributed by atoms with Crippen LogP contribution in [0.15, 0.2) is 12.2 Å². The summed E-state index contributed by atoms with van der Waals surface area (Å²) in [6.45, 7) is 6.19. The third-order valence-corrected chi connectivity index (χ3v) is 4.81. The molecule has 4 atom stereocenters. The minimum Gasteiger partial charge on any atom is -0.462 e. The average Bonchev–Trinajstić information content (AvgIpc) is 2.94. The molecule has 0 aromatic carbocycles. The van der Waals surface area contributed by atoms with Gasteiger partial charge in [-0.05, 0) is 24.2 Å². The molecule has 0 amide bonds. The van der Waals surface area contributed by atoms with E-state index in [1.807, 2.05) is 13.8 Å². The monoisotopic (exact) mass is 264 g/mol. The predicted octanol–water partition coefficient (Wildman–Crippen LogP) is 2.08. The lowest BCUT2D eigenvalue weighted by atomic mass is 9.80. The Morgan fingerprint density at radius 1 is 1.42 bits per heavy atom. The highest BCUT2D eigenvalue weighted by Gasteiger charge is 2.52. The van der Waals surface area contributed by atoms with Crippen molar-refractivity contribution in [2.75, 3.05) is 6.61 Å². The van der Waals surface area contributed by atoms with Crippen molar-refractivity contribution in [1.82, 2.24) is 0 Å². The molecule has 3 rings (SSSR count). The Morgan fingerprint density at radius 2 is 2.16 bits per heavy atom. The van der Waals surface area contributed by atoms with Crippen LogP contribution in [0.4, 0.5) is 0 Å². The van der Waals surface area contributed by atoms with Gasteiger partial charge in [0.1, 0.15) is 6.61 Å².